The predicted octanol–water partition coefficient (Wildman–Crippen LogP) is 1.65. The third-order valence-corrected chi connectivity index (χ3v) is 2.41. The van der Waals surface area contributed by atoms with Crippen LogP contribution in [0.15, 0.2) is 9.98 Å². The van der Waals surface area contributed by atoms with Crippen molar-refractivity contribution in [2.45, 2.75) is 33.7 Å². The molecular formula is C9H15N2Se. The SMILES string of the molecule is CC(C)C1=NC([Se])=NC1C(C)C. The first-order valence-corrected chi connectivity index (χ1v) is 5.21. The third kappa shape index (κ3) is 1.96. The van der Waals surface area contributed by atoms with Gasteiger partial charge in [0.2, 0.25) is 0 Å². The van der Waals surface area contributed by atoms with E-state index in [9.17, 15) is 0 Å². The van der Waals surface area contributed by atoms with Gasteiger partial charge in [0.05, 0.1) is 0 Å². The van der Waals surface area contributed by atoms with E-state index in [2.05, 4.69) is 53.7 Å². The van der Waals surface area contributed by atoms with Crippen molar-refractivity contribution in [1.29, 1.82) is 0 Å². The Morgan fingerprint density at radius 1 is 1.25 bits per heavy atom. The van der Waals surface area contributed by atoms with Crippen LogP contribution in [0.3, 0.4) is 0 Å². The Kier molecular flexibility index (Phi) is 3.08. The normalized spacial score (nSPS) is 23.3. The van der Waals surface area contributed by atoms with Crippen LogP contribution in [0.5, 0.6) is 0 Å². The summed E-state index contributed by atoms with van der Waals surface area (Å²) in [6.07, 6.45) is 0. The van der Waals surface area contributed by atoms with Gasteiger partial charge in [0.1, 0.15) is 0 Å². The van der Waals surface area contributed by atoms with E-state index < -0.39 is 0 Å². The quantitative estimate of drug-likeness (QED) is 0.644. The van der Waals surface area contributed by atoms with Gasteiger partial charge in [-0.2, -0.15) is 0 Å². The number of amidine groups is 1. The van der Waals surface area contributed by atoms with E-state index in [0.29, 0.717) is 17.9 Å². The van der Waals surface area contributed by atoms with Crippen LogP contribution in [0.2, 0.25) is 0 Å². The Bertz CT molecular complexity index is 229. The van der Waals surface area contributed by atoms with Crippen molar-refractivity contribution in [3.05, 3.63) is 0 Å². The molecule has 0 fully saturated rings. The van der Waals surface area contributed by atoms with Gasteiger partial charge in [0.15, 0.2) is 0 Å². The molecule has 1 radical (unpaired) electrons. The topological polar surface area (TPSA) is 24.7 Å². The van der Waals surface area contributed by atoms with E-state index in [4.69, 9.17) is 0 Å². The molecule has 1 aliphatic rings. The first kappa shape index (κ1) is 9.94. The molecule has 67 valence electrons. The zero-order valence-corrected chi connectivity index (χ0v) is 9.75. The number of hydrogen-bond donors (Lipinski definition) is 0. The molecule has 0 saturated heterocycles. The summed E-state index contributed by atoms with van der Waals surface area (Å²) >= 11 is 2.87. The molecule has 1 heterocycles. The van der Waals surface area contributed by atoms with Gasteiger partial charge in [-0.15, -0.1) is 0 Å². The van der Waals surface area contributed by atoms with Crippen LogP contribution in [0.4, 0.5) is 0 Å². The van der Waals surface area contributed by atoms with Gasteiger partial charge in [0.25, 0.3) is 0 Å². The summed E-state index contributed by atoms with van der Waals surface area (Å²) in [6.45, 7) is 8.71. The van der Waals surface area contributed by atoms with E-state index in [1.807, 2.05) is 0 Å². The van der Waals surface area contributed by atoms with E-state index in [1.54, 1.807) is 0 Å². The molecule has 0 spiro atoms. The van der Waals surface area contributed by atoms with Crippen molar-refractivity contribution in [2.75, 3.05) is 0 Å². The van der Waals surface area contributed by atoms with Gasteiger partial charge < -0.3 is 0 Å². The van der Waals surface area contributed by atoms with Crippen LogP contribution < -0.4 is 0 Å². The third-order valence-electron chi connectivity index (χ3n) is 2.00. The average molecular weight is 230 g/mol. The van der Waals surface area contributed by atoms with Crippen molar-refractivity contribution >= 4 is 26.5 Å². The van der Waals surface area contributed by atoms with E-state index in [-0.39, 0.29) is 0 Å². The van der Waals surface area contributed by atoms with E-state index in [0.717, 1.165) is 4.73 Å². The maximum atomic E-state index is 4.45. The van der Waals surface area contributed by atoms with Crippen molar-refractivity contribution in [3.8, 4) is 0 Å². The van der Waals surface area contributed by atoms with Gasteiger partial charge in [-0.3, -0.25) is 0 Å². The molecule has 12 heavy (non-hydrogen) atoms. The minimum absolute atomic E-state index is 0.307. The van der Waals surface area contributed by atoms with Gasteiger partial charge in [-0.05, 0) is 0 Å². The summed E-state index contributed by atoms with van der Waals surface area (Å²) in [5.41, 5.74) is 1.22. The van der Waals surface area contributed by atoms with Crippen LogP contribution in [-0.4, -0.2) is 32.5 Å². The second-order valence-electron chi connectivity index (χ2n) is 3.79. The molecule has 0 aromatic carbocycles. The zero-order chi connectivity index (χ0) is 9.30. The second kappa shape index (κ2) is 3.71. The summed E-state index contributed by atoms with van der Waals surface area (Å²) in [7, 11) is 0. The van der Waals surface area contributed by atoms with Crippen LogP contribution in [-0.2, 0) is 0 Å². The van der Waals surface area contributed by atoms with Gasteiger partial charge in [-0.1, -0.05) is 0 Å². The molecule has 0 aliphatic carbocycles. The Hall–Kier alpha value is -0.141. The Balaban J connectivity index is 2.82. The van der Waals surface area contributed by atoms with Crippen molar-refractivity contribution < 1.29 is 0 Å². The molecule has 0 saturated carbocycles. The fraction of sp³-hybridized carbons (Fsp3) is 0.778. The van der Waals surface area contributed by atoms with Gasteiger partial charge in [-0.25, -0.2) is 0 Å². The first-order chi connectivity index (χ1) is 5.52. The van der Waals surface area contributed by atoms with Crippen LogP contribution in [0.25, 0.3) is 0 Å². The van der Waals surface area contributed by atoms with E-state index >= 15 is 0 Å². The monoisotopic (exact) mass is 231 g/mol. The molecule has 1 aliphatic heterocycles. The Morgan fingerprint density at radius 2 is 1.83 bits per heavy atom. The molecule has 0 N–H and O–H groups in total. The fourth-order valence-electron chi connectivity index (χ4n) is 1.35. The fourth-order valence-corrected chi connectivity index (χ4v) is 1.81. The summed E-state index contributed by atoms with van der Waals surface area (Å²) in [4.78, 5) is 8.85. The molecule has 1 unspecified atom stereocenters. The molecule has 3 heteroatoms. The van der Waals surface area contributed by atoms with Crippen molar-refractivity contribution in [2.24, 2.45) is 21.8 Å². The molecule has 0 aromatic rings. The molecule has 2 nitrogen and oxygen atoms in total. The van der Waals surface area contributed by atoms with Crippen molar-refractivity contribution in [1.82, 2.24) is 0 Å². The molecule has 0 aromatic heterocycles. The van der Waals surface area contributed by atoms with Crippen LogP contribution in [0.1, 0.15) is 27.7 Å². The predicted molar refractivity (Wildman–Crippen MR) is 54.1 cm³/mol. The first-order valence-electron chi connectivity index (χ1n) is 4.35. The summed E-state index contributed by atoms with van der Waals surface area (Å²) in [5.74, 6) is 1.06. The number of hydrogen-bond acceptors (Lipinski definition) is 2. The Labute approximate surface area is 82.4 Å². The number of nitrogens with zero attached hydrogens (tertiary/aromatic N) is 2. The number of rotatable bonds is 2. The molecule has 0 bridgehead atoms. The van der Waals surface area contributed by atoms with Crippen LogP contribution in [0, 0.1) is 11.8 Å². The van der Waals surface area contributed by atoms with Crippen LogP contribution >= 0.6 is 0 Å². The standard InChI is InChI=1S/C9H15N2Se/c1-5(2)7-8(6(3)4)11-9(12)10-7/h5-7H,1-4H3. The molecule has 1 atom stereocenters. The Morgan fingerprint density at radius 3 is 2.17 bits per heavy atom. The minimum atomic E-state index is 0.307. The average Bonchev–Trinajstić information content (AvgIpc) is 2.31. The van der Waals surface area contributed by atoms with E-state index in [1.165, 1.54) is 5.71 Å². The molecular weight excluding hydrogens is 215 g/mol. The summed E-state index contributed by atoms with van der Waals surface area (Å²) in [6, 6.07) is 0.307. The second-order valence-corrected chi connectivity index (χ2v) is 4.56. The summed E-state index contributed by atoms with van der Waals surface area (Å²) < 4.78 is 0.817. The number of aliphatic imine (C=N–C) groups is 2. The molecule has 0 amide bonds. The summed E-state index contributed by atoms with van der Waals surface area (Å²) in [5, 5.41) is 0. The van der Waals surface area contributed by atoms with Gasteiger partial charge in [0, 0.05) is 0 Å². The maximum absolute atomic E-state index is 4.45. The van der Waals surface area contributed by atoms with Crippen molar-refractivity contribution in [3.63, 3.8) is 0 Å². The molecule has 1 rings (SSSR count). The zero-order valence-electron chi connectivity index (χ0n) is 8.03. The van der Waals surface area contributed by atoms with Gasteiger partial charge >= 0.3 is 82.0 Å².